The Morgan fingerprint density at radius 3 is 2.48 bits per heavy atom. The molecule has 0 bridgehead atoms. The summed E-state index contributed by atoms with van der Waals surface area (Å²) in [6, 6.07) is 14.4. The van der Waals surface area contributed by atoms with E-state index >= 15 is 0 Å². The van der Waals surface area contributed by atoms with Crippen LogP contribution in [0, 0.1) is 17.0 Å². The van der Waals surface area contributed by atoms with Crippen LogP contribution in [0.2, 0.25) is 0 Å². The summed E-state index contributed by atoms with van der Waals surface area (Å²) in [5.41, 5.74) is 2.18. The van der Waals surface area contributed by atoms with E-state index in [1.165, 1.54) is 12.1 Å². The van der Waals surface area contributed by atoms with Gasteiger partial charge in [-0.05, 0) is 36.8 Å². The molecule has 0 fully saturated rings. The minimum atomic E-state index is -0.455. The van der Waals surface area contributed by atoms with Gasteiger partial charge in [0.1, 0.15) is 5.75 Å². The van der Waals surface area contributed by atoms with E-state index in [1.807, 2.05) is 13.0 Å². The van der Waals surface area contributed by atoms with Crippen LogP contribution in [0.3, 0.4) is 0 Å². The molecule has 0 aliphatic rings. The van der Waals surface area contributed by atoms with Crippen LogP contribution in [-0.4, -0.2) is 20.0 Å². The van der Waals surface area contributed by atoms with E-state index in [0.717, 1.165) is 11.3 Å². The summed E-state index contributed by atoms with van der Waals surface area (Å²) in [4.78, 5) is 18.9. The second kappa shape index (κ2) is 6.96. The molecular weight excluding hydrogens is 320 g/mol. The highest BCUT2D eigenvalue weighted by Crippen LogP contribution is 2.32. The van der Waals surface area contributed by atoms with Gasteiger partial charge in [0.15, 0.2) is 0 Å². The number of nitro benzene ring substituents is 1. The third-order valence-electron chi connectivity index (χ3n) is 3.75. The average Bonchev–Trinajstić information content (AvgIpc) is 2.61. The molecule has 7 nitrogen and oxygen atoms in total. The van der Waals surface area contributed by atoms with Crippen LogP contribution in [0.15, 0.2) is 60.8 Å². The van der Waals surface area contributed by atoms with E-state index < -0.39 is 11.0 Å². The van der Waals surface area contributed by atoms with Gasteiger partial charge >= 0.3 is 0 Å². The Hall–Kier alpha value is -3.48. The van der Waals surface area contributed by atoms with Gasteiger partial charge in [0.2, 0.25) is 5.95 Å². The van der Waals surface area contributed by atoms with Crippen LogP contribution in [-0.2, 0) is 0 Å². The second-order valence-electron chi connectivity index (χ2n) is 5.51. The van der Waals surface area contributed by atoms with Gasteiger partial charge in [0.25, 0.3) is 5.69 Å². The van der Waals surface area contributed by atoms with Gasteiger partial charge in [-0.1, -0.05) is 18.2 Å². The van der Waals surface area contributed by atoms with Gasteiger partial charge < -0.3 is 10.4 Å². The molecule has 126 valence electrons. The molecule has 1 heterocycles. The molecule has 0 saturated carbocycles. The number of nitrogens with zero attached hydrogens (tertiary/aromatic N) is 3. The summed E-state index contributed by atoms with van der Waals surface area (Å²) in [6.45, 7) is 1.85. The fourth-order valence-corrected chi connectivity index (χ4v) is 2.51. The Morgan fingerprint density at radius 2 is 1.84 bits per heavy atom. The number of aryl methyl sites for hydroxylation is 1. The molecule has 0 aliphatic carbocycles. The van der Waals surface area contributed by atoms with Crippen molar-refractivity contribution in [2.45, 2.75) is 13.0 Å². The molecule has 1 aromatic heterocycles. The van der Waals surface area contributed by atoms with E-state index in [1.54, 1.807) is 42.6 Å². The van der Waals surface area contributed by atoms with E-state index in [4.69, 9.17) is 0 Å². The largest absolute Gasteiger partial charge is 0.508 e. The van der Waals surface area contributed by atoms with Crippen LogP contribution < -0.4 is 5.32 Å². The Bertz CT molecular complexity index is 897. The molecule has 1 unspecified atom stereocenters. The SMILES string of the molecule is Cc1ccnc(NC(c2ccc([N+](=O)[O-])cc2)c2ccccc2O)n1. The van der Waals surface area contributed by atoms with Crippen molar-refractivity contribution in [3.8, 4) is 5.75 Å². The summed E-state index contributed by atoms with van der Waals surface area (Å²) in [5.74, 6) is 0.526. The van der Waals surface area contributed by atoms with Gasteiger partial charge in [0, 0.05) is 29.6 Å². The first-order chi connectivity index (χ1) is 12.0. The topological polar surface area (TPSA) is 101 Å². The number of phenols is 1. The maximum absolute atomic E-state index is 10.9. The Labute approximate surface area is 144 Å². The zero-order valence-corrected chi connectivity index (χ0v) is 13.5. The van der Waals surface area contributed by atoms with Crippen molar-refractivity contribution in [3.63, 3.8) is 0 Å². The molecule has 0 amide bonds. The second-order valence-corrected chi connectivity index (χ2v) is 5.51. The Morgan fingerprint density at radius 1 is 1.12 bits per heavy atom. The molecule has 25 heavy (non-hydrogen) atoms. The summed E-state index contributed by atoms with van der Waals surface area (Å²) >= 11 is 0. The molecule has 2 aromatic carbocycles. The lowest BCUT2D eigenvalue weighted by molar-refractivity contribution is -0.384. The number of aromatic nitrogens is 2. The molecular formula is C18H16N4O3. The smallest absolute Gasteiger partial charge is 0.269 e. The highest BCUT2D eigenvalue weighted by molar-refractivity contribution is 5.48. The third kappa shape index (κ3) is 3.72. The average molecular weight is 336 g/mol. The quantitative estimate of drug-likeness (QED) is 0.545. The van der Waals surface area contributed by atoms with Crippen molar-refractivity contribution in [1.29, 1.82) is 0 Å². The lowest BCUT2D eigenvalue weighted by atomic mass is 9.97. The van der Waals surface area contributed by atoms with Crippen molar-refractivity contribution < 1.29 is 10.0 Å². The molecule has 0 radical (unpaired) electrons. The number of hydrogen-bond donors (Lipinski definition) is 2. The van der Waals surface area contributed by atoms with E-state index in [9.17, 15) is 15.2 Å². The number of phenolic OH excluding ortho intramolecular Hbond substituents is 1. The van der Waals surface area contributed by atoms with E-state index in [2.05, 4.69) is 15.3 Å². The predicted octanol–water partition coefficient (Wildman–Crippen LogP) is 3.60. The number of nitro groups is 1. The van der Waals surface area contributed by atoms with Crippen LogP contribution in [0.5, 0.6) is 5.75 Å². The fraction of sp³-hybridized carbons (Fsp3) is 0.111. The molecule has 2 N–H and O–H groups in total. The van der Waals surface area contributed by atoms with Gasteiger partial charge in [-0.15, -0.1) is 0 Å². The van der Waals surface area contributed by atoms with Gasteiger partial charge in [-0.3, -0.25) is 10.1 Å². The predicted molar refractivity (Wildman–Crippen MR) is 93.4 cm³/mol. The van der Waals surface area contributed by atoms with Crippen molar-refractivity contribution in [1.82, 2.24) is 9.97 Å². The maximum atomic E-state index is 10.9. The van der Waals surface area contributed by atoms with Crippen LogP contribution in [0.4, 0.5) is 11.6 Å². The van der Waals surface area contributed by atoms with Gasteiger partial charge in [0.05, 0.1) is 11.0 Å². The number of hydrogen-bond acceptors (Lipinski definition) is 6. The Balaban J connectivity index is 2.02. The summed E-state index contributed by atoms with van der Waals surface area (Å²) < 4.78 is 0. The first-order valence-electron chi connectivity index (χ1n) is 7.63. The molecule has 3 aromatic rings. The van der Waals surface area contributed by atoms with Crippen LogP contribution in [0.1, 0.15) is 22.9 Å². The maximum Gasteiger partial charge on any atom is 0.269 e. The minimum absolute atomic E-state index is 0.00610. The van der Waals surface area contributed by atoms with Gasteiger partial charge in [-0.2, -0.15) is 0 Å². The lowest BCUT2D eigenvalue weighted by Gasteiger charge is -2.20. The number of benzene rings is 2. The molecule has 3 rings (SSSR count). The number of rotatable bonds is 5. The molecule has 0 aliphatic heterocycles. The standard InChI is InChI=1S/C18H16N4O3/c1-12-10-11-19-18(20-12)21-17(15-4-2-3-5-16(15)23)13-6-8-14(9-7-13)22(24)25/h2-11,17,23H,1H3,(H,19,20,21). The number of nitrogens with one attached hydrogen (secondary N) is 1. The number of para-hydroxylation sites is 1. The highest BCUT2D eigenvalue weighted by Gasteiger charge is 2.19. The van der Waals surface area contributed by atoms with Crippen LogP contribution >= 0.6 is 0 Å². The minimum Gasteiger partial charge on any atom is -0.508 e. The lowest BCUT2D eigenvalue weighted by Crippen LogP contribution is -2.14. The Kier molecular flexibility index (Phi) is 4.56. The molecule has 7 heteroatoms. The number of non-ortho nitro benzene ring substituents is 1. The number of anilines is 1. The normalized spacial score (nSPS) is 11.7. The highest BCUT2D eigenvalue weighted by atomic mass is 16.6. The molecule has 0 saturated heterocycles. The van der Waals surface area contributed by atoms with Gasteiger partial charge in [-0.25, -0.2) is 9.97 Å². The zero-order chi connectivity index (χ0) is 17.8. The van der Waals surface area contributed by atoms with Crippen molar-refractivity contribution >= 4 is 11.6 Å². The summed E-state index contributed by atoms with van der Waals surface area (Å²) in [5, 5.41) is 24.3. The van der Waals surface area contributed by atoms with E-state index in [-0.39, 0.29) is 11.4 Å². The zero-order valence-electron chi connectivity index (χ0n) is 13.5. The fourth-order valence-electron chi connectivity index (χ4n) is 2.51. The first kappa shape index (κ1) is 16.4. The summed E-state index contributed by atoms with van der Waals surface area (Å²) in [6.07, 6.45) is 1.64. The monoisotopic (exact) mass is 336 g/mol. The first-order valence-corrected chi connectivity index (χ1v) is 7.63. The third-order valence-corrected chi connectivity index (χ3v) is 3.75. The molecule has 1 atom stereocenters. The van der Waals surface area contributed by atoms with Crippen LogP contribution in [0.25, 0.3) is 0 Å². The summed E-state index contributed by atoms with van der Waals surface area (Å²) in [7, 11) is 0. The van der Waals surface area contributed by atoms with Crippen molar-refractivity contribution in [3.05, 3.63) is 87.7 Å². The van der Waals surface area contributed by atoms with Crippen molar-refractivity contribution in [2.24, 2.45) is 0 Å². The van der Waals surface area contributed by atoms with Crippen molar-refractivity contribution in [2.75, 3.05) is 5.32 Å². The molecule has 0 spiro atoms. The number of aromatic hydroxyl groups is 1. The van der Waals surface area contributed by atoms with E-state index in [0.29, 0.717) is 11.5 Å².